The maximum absolute atomic E-state index is 13.6. The van der Waals surface area contributed by atoms with Gasteiger partial charge in [-0.1, -0.05) is 23.8 Å². The second kappa shape index (κ2) is 8.13. The van der Waals surface area contributed by atoms with E-state index in [2.05, 4.69) is 4.98 Å². The van der Waals surface area contributed by atoms with Crippen molar-refractivity contribution in [2.24, 2.45) is 7.05 Å². The van der Waals surface area contributed by atoms with E-state index >= 15 is 0 Å². The lowest BCUT2D eigenvalue weighted by atomic mass is 10.0. The molecule has 7 nitrogen and oxygen atoms in total. The monoisotopic (exact) mass is 420 g/mol. The van der Waals surface area contributed by atoms with Crippen LogP contribution in [0.5, 0.6) is 0 Å². The smallest absolute Gasteiger partial charge is 0.332 e. The topological polar surface area (TPSA) is 77.2 Å². The summed E-state index contributed by atoms with van der Waals surface area (Å²) in [6.07, 6.45) is 3.03. The van der Waals surface area contributed by atoms with Crippen molar-refractivity contribution in [1.82, 2.24) is 19.0 Å². The Hall–Kier alpha value is -3.22. The summed E-state index contributed by atoms with van der Waals surface area (Å²) >= 11 is 0. The Morgan fingerprint density at radius 3 is 2.45 bits per heavy atom. The van der Waals surface area contributed by atoms with Gasteiger partial charge in [-0.25, -0.2) is 9.78 Å². The first kappa shape index (κ1) is 21.0. The Bertz CT molecular complexity index is 1300. The van der Waals surface area contributed by atoms with Crippen molar-refractivity contribution >= 4 is 16.9 Å². The average molecular weight is 421 g/mol. The molecule has 0 N–H and O–H groups in total. The van der Waals surface area contributed by atoms with Gasteiger partial charge in [-0.2, -0.15) is 0 Å². The zero-order chi connectivity index (χ0) is 22.3. The molecule has 7 heteroatoms. The van der Waals surface area contributed by atoms with Gasteiger partial charge in [0.1, 0.15) is 5.65 Å². The van der Waals surface area contributed by atoms with Gasteiger partial charge >= 0.3 is 5.69 Å². The van der Waals surface area contributed by atoms with Crippen LogP contribution in [0.15, 0.2) is 33.9 Å². The molecule has 31 heavy (non-hydrogen) atoms. The number of fused-ring (bicyclic) bond motifs is 1. The third-order valence-corrected chi connectivity index (χ3v) is 6.13. The molecule has 0 radical (unpaired) electrons. The third-order valence-electron chi connectivity index (χ3n) is 6.13. The third kappa shape index (κ3) is 3.80. The molecular formula is C24H28N4O3. The standard InChI is InChI=1S/C24H28N4O3/c1-15-8-9-16(2)18(12-15)14-28-23(30)20-19(22(29)27-10-6-5-7-11-27)13-17(3)25-21(20)26(4)24(28)31/h8-9,12-13H,5-7,10-11,14H2,1-4H3. The van der Waals surface area contributed by atoms with E-state index in [-0.39, 0.29) is 23.5 Å². The van der Waals surface area contributed by atoms with Gasteiger partial charge in [0.15, 0.2) is 0 Å². The van der Waals surface area contributed by atoms with Gasteiger partial charge in [-0.05, 0) is 57.2 Å². The number of amides is 1. The normalized spacial score (nSPS) is 14.3. The van der Waals surface area contributed by atoms with Crippen molar-refractivity contribution < 1.29 is 4.79 Å². The lowest BCUT2D eigenvalue weighted by Crippen LogP contribution is -2.42. The summed E-state index contributed by atoms with van der Waals surface area (Å²) in [4.78, 5) is 46.2. The molecule has 0 spiro atoms. The number of aromatic nitrogens is 3. The number of carbonyl (C=O) groups is 1. The molecule has 1 aliphatic heterocycles. The summed E-state index contributed by atoms with van der Waals surface area (Å²) in [6, 6.07) is 7.64. The Labute approximate surface area is 181 Å². The van der Waals surface area contributed by atoms with Gasteiger partial charge in [0.25, 0.3) is 11.5 Å². The molecular weight excluding hydrogens is 392 g/mol. The maximum atomic E-state index is 13.6. The predicted octanol–water partition coefficient (Wildman–Crippen LogP) is 2.69. The highest BCUT2D eigenvalue weighted by molar-refractivity contribution is 6.05. The molecule has 1 aromatic carbocycles. The van der Waals surface area contributed by atoms with Crippen molar-refractivity contribution in [2.45, 2.75) is 46.6 Å². The number of pyridine rings is 1. The van der Waals surface area contributed by atoms with Gasteiger partial charge in [0.05, 0.1) is 17.5 Å². The fourth-order valence-corrected chi connectivity index (χ4v) is 4.32. The Morgan fingerprint density at radius 1 is 1.03 bits per heavy atom. The van der Waals surface area contributed by atoms with Gasteiger partial charge in [-0.15, -0.1) is 0 Å². The number of hydrogen-bond donors (Lipinski definition) is 0. The van der Waals surface area contributed by atoms with Crippen LogP contribution in [0.25, 0.3) is 11.0 Å². The zero-order valence-corrected chi connectivity index (χ0v) is 18.6. The summed E-state index contributed by atoms with van der Waals surface area (Å²) in [5.74, 6) is -0.163. The van der Waals surface area contributed by atoms with Gasteiger partial charge < -0.3 is 4.90 Å². The number of rotatable bonds is 3. The van der Waals surface area contributed by atoms with E-state index in [0.717, 1.165) is 36.0 Å². The fraction of sp³-hybridized carbons (Fsp3) is 0.417. The van der Waals surface area contributed by atoms with E-state index in [1.807, 2.05) is 32.0 Å². The van der Waals surface area contributed by atoms with E-state index in [9.17, 15) is 14.4 Å². The SMILES string of the molecule is Cc1ccc(C)c(Cn2c(=O)c3c(C(=O)N4CCCCC4)cc(C)nc3n(C)c2=O)c1. The van der Waals surface area contributed by atoms with Crippen LogP contribution in [0.4, 0.5) is 0 Å². The minimum Gasteiger partial charge on any atom is -0.339 e. The van der Waals surface area contributed by atoms with Crippen LogP contribution in [0, 0.1) is 20.8 Å². The molecule has 3 heterocycles. The van der Waals surface area contributed by atoms with E-state index in [1.165, 1.54) is 9.13 Å². The molecule has 1 amide bonds. The molecule has 1 fully saturated rings. The maximum Gasteiger partial charge on any atom is 0.332 e. The second-order valence-electron chi connectivity index (χ2n) is 8.53. The molecule has 0 aliphatic carbocycles. The Balaban J connectivity index is 1.94. The highest BCUT2D eigenvalue weighted by atomic mass is 16.2. The van der Waals surface area contributed by atoms with Gasteiger partial charge in [0.2, 0.25) is 0 Å². The van der Waals surface area contributed by atoms with Crippen LogP contribution >= 0.6 is 0 Å². The van der Waals surface area contributed by atoms with Crippen molar-refractivity contribution in [2.75, 3.05) is 13.1 Å². The highest BCUT2D eigenvalue weighted by Gasteiger charge is 2.25. The van der Waals surface area contributed by atoms with Crippen molar-refractivity contribution in [1.29, 1.82) is 0 Å². The minimum atomic E-state index is -0.466. The second-order valence-corrected chi connectivity index (χ2v) is 8.53. The van der Waals surface area contributed by atoms with Crippen molar-refractivity contribution in [3.05, 3.63) is 73.1 Å². The van der Waals surface area contributed by atoms with Gasteiger partial charge in [0, 0.05) is 25.8 Å². The first-order valence-electron chi connectivity index (χ1n) is 10.7. The number of benzene rings is 1. The van der Waals surface area contributed by atoms with Crippen molar-refractivity contribution in [3.63, 3.8) is 0 Å². The largest absolute Gasteiger partial charge is 0.339 e. The first-order chi connectivity index (χ1) is 14.8. The molecule has 1 aliphatic rings. The van der Waals surface area contributed by atoms with Crippen LogP contribution in [-0.4, -0.2) is 38.0 Å². The Morgan fingerprint density at radius 2 is 1.74 bits per heavy atom. The fourth-order valence-electron chi connectivity index (χ4n) is 4.32. The van der Waals surface area contributed by atoms with Crippen LogP contribution in [0.1, 0.15) is 52.0 Å². The number of hydrogen-bond acceptors (Lipinski definition) is 4. The summed E-state index contributed by atoms with van der Waals surface area (Å²) in [6.45, 7) is 7.24. The number of piperidine rings is 1. The quantitative estimate of drug-likeness (QED) is 0.653. The number of carbonyl (C=O) groups excluding carboxylic acids is 1. The van der Waals surface area contributed by atoms with E-state index in [0.29, 0.717) is 24.3 Å². The molecule has 0 bridgehead atoms. The average Bonchev–Trinajstić information content (AvgIpc) is 2.76. The van der Waals surface area contributed by atoms with Crippen LogP contribution < -0.4 is 11.2 Å². The van der Waals surface area contributed by atoms with E-state index < -0.39 is 11.2 Å². The number of aryl methyl sites for hydroxylation is 4. The predicted molar refractivity (Wildman–Crippen MR) is 121 cm³/mol. The molecule has 0 saturated carbocycles. The zero-order valence-electron chi connectivity index (χ0n) is 18.6. The van der Waals surface area contributed by atoms with E-state index in [1.54, 1.807) is 24.9 Å². The molecule has 4 rings (SSSR count). The molecule has 1 saturated heterocycles. The summed E-state index contributed by atoms with van der Waals surface area (Å²) < 4.78 is 2.59. The Kier molecular flexibility index (Phi) is 5.52. The number of likely N-dealkylation sites (tertiary alicyclic amines) is 1. The minimum absolute atomic E-state index is 0.153. The molecule has 162 valence electrons. The lowest BCUT2D eigenvalue weighted by molar-refractivity contribution is 0.0726. The lowest BCUT2D eigenvalue weighted by Gasteiger charge is -2.27. The summed E-state index contributed by atoms with van der Waals surface area (Å²) in [5.41, 5.74) is 3.26. The molecule has 0 unspecified atom stereocenters. The van der Waals surface area contributed by atoms with Crippen molar-refractivity contribution in [3.8, 4) is 0 Å². The van der Waals surface area contributed by atoms with E-state index in [4.69, 9.17) is 0 Å². The van der Waals surface area contributed by atoms with Crippen LogP contribution in [-0.2, 0) is 13.6 Å². The molecule has 3 aromatic rings. The molecule has 0 atom stereocenters. The van der Waals surface area contributed by atoms with Crippen LogP contribution in [0.3, 0.4) is 0 Å². The van der Waals surface area contributed by atoms with Gasteiger partial charge in [-0.3, -0.25) is 18.7 Å². The highest BCUT2D eigenvalue weighted by Crippen LogP contribution is 2.19. The summed E-state index contributed by atoms with van der Waals surface area (Å²) in [5, 5.41) is 0.216. The van der Waals surface area contributed by atoms with Crippen LogP contribution in [0.2, 0.25) is 0 Å². The first-order valence-corrected chi connectivity index (χ1v) is 10.7. The molecule has 2 aromatic heterocycles. The summed E-state index contributed by atoms with van der Waals surface area (Å²) in [7, 11) is 1.60. The number of nitrogens with zero attached hydrogens (tertiary/aromatic N) is 4.